The van der Waals surface area contributed by atoms with E-state index in [1.165, 1.54) is 25.6 Å². The van der Waals surface area contributed by atoms with Crippen LogP contribution in [-0.2, 0) is 5.67 Å². The van der Waals surface area contributed by atoms with Gasteiger partial charge in [0, 0.05) is 5.56 Å². The van der Waals surface area contributed by atoms with Crippen LogP contribution in [0.4, 0.5) is 23.4 Å². The molecule has 0 unspecified atom stereocenters. The van der Waals surface area contributed by atoms with Crippen LogP contribution in [0.3, 0.4) is 0 Å². The summed E-state index contributed by atoms with van der Waals surface area (Å²) in [6, 6.07) is 4.78. The van der Waals surface area contributed by atoms with Gasteiger partial charge in [0.2, 0.25) is 5.88 Å². The third kappa shape index (κ3) is 4.20. The molecule has 0 saturated carbocycles. The number of ether oxygens (including phenoxy) is 1. The molecule has 32 heavy (non-hydrogen) atoms. The van der Waals surface area contributed by atoms with Crippen LogP contribution < -0.4 is 10.1 Å². The third-order valence-corrected chi connectivity index (χ3v) is 6.63. The first-order valence-corrected chi connectivity index (χ1v) is 11.3. The van der Waals surface area contributed by atoms with Gasteiger partial charge < -0.3 is 10.1 Å². The lowest BCUT2D eigenvalue weighted by atomic mass is 9.93. The SMILES string of the molecule is COc1nc(C2(F)CCSCC2)cc2c(N[C@H](C)c3cccc(C(F)F)c3F)ncnc12. The van der Waals surface area contributed by atoms with E-state index in [0.717, 1.165) is 6.07 Å². The molecule has 1 saturated heterocycles. The van der Waals surface area contributed by atoms with Crippen LogP contribution in [0.5, 0.6) is 5.88 Å². The molecule has 0 radical (unpaired) electrons. The highest BCUT2D eigenvalue weighted by Gasteiger charge is 2.36. The van der Waals surface area contributed by atoms with Gasteiger partial charge in [0.25, 0.3) is 6.43 Å². The topological polar surface area (TPSA) is 59.9 Å². The Morgan fingerprint density at radius 2 is 1.88 bits per heavy atom. The lowest BCUT2D eigenvalue weighted by Crippen LogP contribution is -2.27. The number of pyridine rings is 1. The highest BCUT2D eigenvalue weighted by Crippen LogP contribution is 2.41. The standard InChI is InChI=1S/C22H22F4N4OS/c1-12(13-4-3-5-14(17(13)23)19(24)25)29-20-15-10-16(22(26)6-8-32-9-7-22)30-21(31-2)18(15)27-11-28-20/h3-5,10-12,19H,6-9H2,1-2H3,(H,27,28,29)/t12-/m1/s1. The number of hydrogen-bond donors (Lipinski definition) is 1. The minimum atomic E-state index is -2.92. The van der Waals surface area contributed by atoms with Gasteiger partial charge >= 0.3 is 0 Å². The minimum Gasteiger partial charge on any atom is -0.479 e. The summed E-state index contributed by atoms with van der Waals surface area (Å²) in [5, 5.41) is 3.52. The number of thioether (sulfide) groups is 1. The number of nitrogens with one attached hydrogen (secondary N) is 1. The number of methoxy groups -OCH3 is 1. The van der Waals surface area contributed by atoms with Crippen LogP contribution in [0.25, 0.3) is 10.9 Å². The predicted octanol–water partition coefficient (Wildman–Crippen LogP) is 5.98. The Morgan fingerprint density at radius 1 is 1.16 bits per heavy atom. The van der Waals surface area contributed by atoms with Gasteiger partial charge in [0.05, 0.1) is 29.8 Å². The molecule has 1 aliphatic heterocycles. The molecule has 4 rings (SSSR count). The predicted molar refractivity (Wildman–Crippen MR) is 117 cm³/mol. The molecule has 170 valence electrons. The van der Waals surface area contributed by atoms with Crippen molar-refractivity contribution in [2.24, 2.45) is 0 Å². The first-order valence-electron chi connectivity index (χ1n) is 10.1. The van der Waals surface area contributed by atoms with E-state index in [2.05, 4.69) is 20.3 Å². The summed E-state index contributed by atoms with van der Waals surface area (Å²) >= 11 is 1.69. The average molecular weight is 467 g/mol. The van der Waals surface area contributed by atoms with Crippen LogP contribution in [-0.4, -0.2) is 33.6 Å². The lowest BCUT2D eigenvalue weighted by molar-refractivity contribution is 0.144. The van der Waals surface area contributed by atoms with E-state index in [0.29, 0.717) is 41.1 Å². The molecule has 1 N–H and O–H groups in total. The first kappa shape index (κ1) is 22.6. The summed E-state index contributed by atoms with van der Waals surface area (Å²) in [6.07, 6.45) is -0.972. The number of fused-ring (bicyclic) bond motifs is 1. The van der Waals surface area contributed by atoms with Crippen molar-refractivity contribution in [2.45, 2.75) is 37.9 Å². The fourth-order valence-electron chi connectivity index (χ4n) is 3.83. The Balaban J connectivity index is 1.76. The van der Waals surface area contributed by atoms with Crippen LogP contribution >= 0.6 is 11.8 Å². The molecule has 1 fully saturated rings. The second-order valence-electron chi connectivity index (χ2n) is 7.63. The van der Waals surface area contributed by atoms with Crippen molar-refractivity contribution in [3.8, 4) is 5.88 Å². The summed E-state index contributed by atoms with van der Waals surface area (Å²) in [4.78, 5) is 12.8. The van der Waals surface area contributed by atoms with E-state index in [4.69, 9.17) is 4.74 Å². The molecule has 0 spiro atoms. The van der Waals surface area contributed by atoms with Gasteiger partial charge in [-0.2, -0.15) is 11.8 Å². The van der Waals surface area contributed by atoms with E-state index < -0.39 is 29.5 Å². The van der Waals surface area contributed by atoms with Gasteiger partial charge in [-0.1, -0.05) is 18.2 Å². The molecule has 2 aromatic heterocycles. The van der Waals surface area contributed by atoms with Crippen molar-refractivity contribution in [3.63, 3.8) is 0 Å². The Bertz CT molecular complexity index is 1120. The zero-order valence-corrected chi connectivity index (χ0v) is 18.4. The van der Waals surface area contributed by atoms with Crippen LogP contribution in [0, 0.1) is 5.82 Å². The highest BCUT2D eigenvalue weighted by molar-refractivity contribution is 7.99. The normalized spacial score (nSPS) is 16.8. The monoisotopic (exact) mass is 466 g/mol. The molecule has 3 aromatic rings. The highest BCUT2D eigenvalue weighted by atomic mass is 32.2. The lowest BCUT2D eigenvalue weighted by Gasteiger charge is -2.29. The van der Waals surface area contributed by atoms with Crippen LogP contribution in [0.15, 0.2) is 30.6 Å². The maximum atomic E-state index is 15.7. The molecule has 0 amide bonds. The number of nitrogens with zero attached hydrogens (tertiary/aromatic N) is 3. The molecule has 1 atom stereocenters. The van der Waals surface area contributed by atoms with Gasteiger partial charge in [-0.3, -0.25) is 0 Å². The van der Waals surface area contributed by atoms with Crippen molar-refractivity contribution in [1.82, 2.24) is 15.0 Å². The molecule has 0 bridgehead atoms. The zero-order chi connectivity index (χ0) is 22.9. The van der Waals surface area contributed by atoms with Crippen molar-refractivity contribution < 1.29 is 22.3 Å². The fourth-order valence-corrected chi connectivity index (χ4v) is 4.97. The Morgan fingerprint density at radius 3 is 2.56 bits per heavy atom. The molecule has 0 aliphatic carbocycles. The van der Waals surface area contributed by atoms with E-state index in [9.17, 15) is 13.2 Å². The molecule has 3 heterocycles. The smallest absolute Gasteiger partial charge is 0.266 e. The maximum Gasteiger partial charge on any atom is 0.266 e. The van der Waals surface area contributed by atoms with E-state index >= 15 is 4.39 Å². The number of halogens is 4. The number of rotatable bonds is 6. The second-order valence-corrected chi connectivity index (χ2v) is 8.85. The summed E-state index contributed by atoms with van der Waals surface area (Å²) in [5.74, 6) is 0.872. The number of alkyl halides is 3. The quantitative estimate of drug-likeness (QED) is 0.452. The molecule has 10 heteroatoms. The molecular formula is C22H22F4N4OS. The second kappa shape index (κ2) is 9.09. The van der Waals surface area contributed by atoms with Gasteiger partial charge in [-0.05, 0) is 37.3 Å². The van der Waals surface area contributed by atoms with E-state index in [1.807, 2.05) is 0 Å². The molecule has 5 nitrogen and oxygen atoms in total. The fraction of sp³-hybridized carbons (Fsp3) is 0.409. The number of aromatic nitrogens is 3. The van der Waals surface area contributed by atoms with Gasteiger partial charge in [0.1, 0.15) is 23.5 Å². The average Bonchev–Trinajstić information content (AvgIpc) is 2.79. The number of anilines is 1. The van der Waals surface area contributed by atoms with Crippen molar-refractivity contribution in [2.75, 3.05) is 23.9 Å². The molecule has 1 aromatic carbocycles. The maximum absolute atomic E-state index is 15.7. The van der Waals surface area contributed by atoms with Crippen molar-refractivity contribution >= 4 is 28.5 Å². The van der Waals surface area contributed by atoms with Gasteiger partial charge in [-0.15, -0.1) is 0 Å². The Labute approximate surface area is 187 Å². The van der Waals surface area contributed by atoms with E-state index in [1.54, 1.807) is 24.8 Å². The summed E-state index contributed by atoms with van der Waals surface area (Å²) in [6.45, 7) is 1.63. The Hall–Kier alpha value is -2.62. The summed E-state index contributed by atoms with van der Waals surface area (Å²) in [5.41, 5.74) is -1.58. The van der Waals surface area contributed by atoms with E-state index in [-0.39, 0.29) is 17.1 Å². The Kier molecular flexibility index (Phi) is 6.41. The summed E-state index contributed by atoms with van der Waals surface area (Å²) in [7, 11) is 1.43. The molecular weight excluding hydrogens is 444 g/mol. The largest absolute Gasteiger partial charge is 0.479 e. The third-order valence-electron chi connectivity index (χ3n) is 5.64. The summed E-state index contributed by atoms with van der Waals surface area (Å²) < 4.78 is 61.9. The molecule has 1 aliphatic rings. The van der Waals surface area contributed by atoms with Gasteiger partial charge in [-0.25, -0.2) is 32.5 Å². The van der Waals surface area contributed by atoms with Gasteiger partial charge in [0.15, 0.2) is 5.67 Å². The first-order chi connectivity index (χ1) is 15.3. The zero-order valence-electron chi connectivity index (χ0n) is 17.5. The van der Waals surface area contributed by atoms with Crippen molar-refractivity contribution in [3.05, 3.63) is 53.2 Å². The van der Waals surface area contributed by atoms with Crippen LogP contribution in [0.2, 0.25) is 0 Å². The minimum absolute atomic E-state index is 0.0714. The van der Waals surface area contributed by atoms with Crippen molar-refractivity contribution in [1.29, 1.82) is 0 Å². The number of benzene rings is 1. The van der Waals surface area contributed by atoms with Crippen LogP contribution in [0.1, 0.15) is 49.1 Å². The number of hydrogen-bond acceptors (Lipinski definition) is 6.